The molecule has 0 aromatic heterocycles. The summed E-state index contributed by atoms with van der Waals surface area (Å²) in [6.07, 6.45) is 1.69. The average Bonchev–Trinajstić information content (AvgIpc) is 2.14. The van der Waals surface area contributed by atoms with Gasteiger partial charge in [0.05, 0.1) is 0 Å². The van der Waals surface area contributed by atoms with Crippen LogP contribution in [0.5, 0.6) is 0 Å². The minimum atomic E-state index is 0.622. The maximum Gasteiger partial charge on any atom is 0.190 e. The van der Waals surface area contributed by atoms with Gasteiger partial charge >= 0.3 is 0 Å². The highest BCUT2D eigenvalue weighted by Gasteiger charge is 2.00. The second-order valence-corrected chi connectivity index (χ2v) is 1.38. The van der Waals surface area contributed by atoms with Crippen LogP contribution in [0.2, 0.25) is 0 Å². The molecule has 1 rings (SSSR count). The molecular weight excluding hydrogens is 92.1 g/mol. The van der Waals surface area contributed by atoms with Gasteiger partial charge in [-0.15, -0.1) is 0 Å². The summed E-state index contributed by atoms with van der Waals surface area (Å²) in [5, 5.41) is 3.54. The molecule has 0 atom stereocenters. The van der Waals surface area contributed by atoms with Crippen molar-refractivity contribution in [1.82, 2.24) is 4.90 Å². The molecule has 0 fully saturated rings. The first-order valence-corrected chi connectivity index (χ1v) is 2.33. The number of nitrogens with zero attached hydrogens (tertiary/aromatic N) is 2. The Hall–Kier alpha value is -0.730. The third kappa shape index (κ3) is 0.824. The fourth-order valence-electron chi connectivity index (χ4n) is 0.414. The predicted octanol–water partition coefficient (Wildman–Crippen LogP) is 0.239. The van der Waals surface area contributed by atoms with Crippen LogP contribution in [-0.2, 0) is 4.84 Å². The zero-order valence-corrected chi connectivity index (χ0v) is 4.29. The molecular formula is C4H8N2O. The molecule has 0 unspecified atom stereocenters. The first-order chi connectivity index (χ1) is 3.43. The van der Waals surface area contributed by atoms with Crippen molar-refractivity contribution < 1.29 is 4.84 Å². The summed E-state index contributed by atoms with van der Waals surface area (Å²) in [5.74, 6) is 0. The Morgan fingerprint density at radius 2 is 2.86 bits per heavy atom. The fourth-order valence-corrected chi connectivity index (χ4v) is 0.414. The van der Waals surface area contributed by atoms with Crippen molar-refractivity contribution in [3.63, 3.8) is 0 Å². The van der Waals surface area contributed by atoms with Crippen LogP contribution >= 0.6 is 0 Å². The van der Waals surface area contributed by atoms with E-state index in [0.29, 0.717) is 6.73 Å². The van der Waals surface area contributed by atoms with Gasteiger partial charge in [0.15, 0.2) is 6.73 Å². The van der Waals surface area contributed by atoms with Crippen molar-refractivity contribution >= 4 is 6.34 Å². The van der Waals surface area contributed by atoms with Crippen LogP contribution in [0.25, 0.3) is 0 Å². The van der Waals surface area contributed by atoms with Gasteiger partial charge in [0, 0.05) is 6.54 Å². The van der Waals surface area contributed by atoms with Crippen LogP contribution in [-0.4, -0.2) is 24.5 Å². The maximum absolute atomic E-state index is 4.64. The lowest BCUT2D eigenvalue weighted by atomic mass is 10.7. The fraction of sp³-hybridized carbons (Fsp3) is 0.750. The normalized spacial score (nSPS) is 17.6. The van der Waals surface area contributed by atoms with Crippen LogP contribution < -0.4 is 0 Å². The van der Waals surface area contributed by atoms with Gasteiger partial charge in [0.25, 0.3) is 0 Å². The zero-order valence-electron chi connectivity index (χ0n) is 4.29. The van der Waals surface area contributed by atoms with E-state index < -0.39 is 0 Å². The summed E-state index contributed by atoms with van der Waals surface area (Å²) in [4.78, 5) is 6.62. The van der Waals surface area contributed by atoms with Crippen molar-refractivity contribution in [2.75, 3.05) is 13.3 Å². The van der Waals surface area contributed by atoms with Gasteiger partial charge in [-0.1, -0.05) is 5.16 Å². The highest BCUT2D eigenvalue weighted by atomic mass is 16.6. The Kier molecular flexibility index (Phi) is 1.15. The first-order valence-electron chi connectivity index (χ1n) is 2.33. The quantitative estimate of drug-likeness (QED) is 0.471. The number of oxime groups is 1. The van der Waals surface area contributed by atoms with Gasteiger partial charge in [0.2, 0.25) is 0 Å². The summed E-state index contributed by atoms with van der Waals surface area (Å²) in [7, 11) is 0. The largest absolute Gasteiger partial charge is 0.372 e. The van der Waals surface area contributed by atoms with Gasteiger partial charge < -0.3 is 9.74 Å². The summed E-state index contributed by atoms with van der Waals surface area (Å²) in [5.41, 5.74) is 0. The Labute approximate surface area is 42.6 Å². The maximum atomic E-state index is 4.64. The minimum absolute atomic E-state index is 0.622. The van der Waals surface area contributed by atoms with Gasteiger partial charge in [0.1, 0.15) is 6.34 Å². The number of rotatable bonds is 1. The molecule has 7 heavy (non-hydrogen) atoms. The van der Waals surface area contributed by atoms with E-state index in [4.69, 9.17) is 0 Å². The second-order valence-electron chi connectivity index (χ2n) is 1.38. The van der Waals surface area contributed by atoms with Crippen LogP contribution in [0.1, 0.15) is 6.92 Å². The molecule has 3 nitrogen and oxygen atoms in total. The molecule has 0 bridgehead atoms. The predicted molar refractivity (Wildman–Crippen MR) is 26.8 cm³/mol. The van der Waals surface area contributed by atoms with E-state index >= 15 is 0 Å². The van der Waals surface area contributed by atoms with Crippen LogP contribution in [0.4, 0.5) is 0 Å². The van der Waals surface area contributed by atoms with Crippen molar-refractivity contribution in [2.24, 2.45) is 5.16 Å². The summed E-state index contributed by atoms with van der Waals surface area (Å²) < 4.78 is 0. The third-order valence-electron chi connectivity index (χ3n) is 0.915. The van der Waals surface area contributed by atoms with E-state index in [0.717, 1.165) is 6.54 Å². The summed E-state index contributed by atoms with van der Waals surface area (Å²) in [6.45, 7) is 3.65. The Morgan fingerprint density at radius 3 is 3.14 bits per heavy atom. The molecule has 0 amide bonds. The van der Waals surface area contributed by atoms with Gasteiger partial charge in [-0.05, 0) is 6.92 Å². The molecule has 0 radical (unpaired) electrons. The van der Waals surface area contributed by atoms with Crippen molar-refractivity contribution in [2.45, 2.75) is 6.92 Å². The van der Waals surface area contributed by atoms with Crippen molar-refractivity contribution in [3.8, 4) is 0 Å². The lowest BCUT2D eigenvalue weighted by Gasteiger charge is -2.04. The molecule has 1 aliphatic rings. The molecule has 0 spiro atoms. The number of hydrogen-bond acceptors (Lipinski definition) is 3. The third-order valence-corrected chi connectivity index (χ3v) is 0.915. The topological polar surface area (TPSA) is 24.8 Å². The standard InChI is InChI=1S/C4H8N2O/c1-2-6-3-5-7-4-6/h3H,2,4H2,1H3. The highest BCUT2D eigenvalue weighted by molar-refractivity contribution is 5.54. The minimum Gasteiger partial charge on any atom is -0.372 e. The molecule has 0 aromatic carbocycles. The molecule has 40 valence electrons. The van der Waals surface area contributed by atoms with Gasteiger partial charge in [-0.25, -0.2) is 0 Å². The number of hydrogen-bond donors (Lipinski definition) is 0. The molecule has 0 aromatic rings. The van der Waals surface area contributed by atoms with E-state index in [1.54, 1.807) is 6.34 Å². The highest BCUT2D eigenvalue weighted by Crippen LogP contribution is 1.91. The first kappa shape index (κ1) is 4.43. The van der Waals surface area contributed by atoms with E-state index in [2.05, 4.69) is 16.9 Å². The van der Waals surface area contributed by atoms with Crippen LogP contribution in [0.15, 0.2) is 5.16 Å². The molecule has 1 aliphatic heterocycles. The van der Waals surface area contributed by atoms with E-state index in [-0.39, 0.29) is 0 Å². The second kappa shape index (κ2) is 1.82. The molecule has 0 saturated heterocycles. The molecule has 0 N–H and O–H groups in total. The molecule has 0 saturated carbocycles. The Balaban J connectivity index is 2.28. The van der Waals surface area contributed by atoms with Crippen LogP contribution in [0.3, 0.4) is 0 Å². The molecule has 0 aliphatic carbocycles. The monoisotopic (exact) mass is 100 g/mol. The molecule has 3 heteroatoms. The van der Waals surface area contributed by atoms with Crippen molar-refractivity contribution in [3.05, 3.63) is 0 Å². The van der Waals surface area contributed by atoms with E-state index in [1.165, 1.54) is 0 Å². The summed E-state index contributed by atoms with van der Waals surface area (Å²) >= 11 is 0. The Morgan fingerprint density at radius 1 is 2.00 bits per heavy atom. The van der Waals surface area contributed by atoms with Gasteiger partial charge in [-0.3, -0.25) is 0 Å². The smallest absolute Gasteiger partial charge is 0.190 e. The Bertz CT molecular complexity index is 81.8. The van der Waals surface area contributed by atoms with E-state index in [9.17, 15) is 0 Å². The van der Waals surface area contributed by atoms with Crippen LogP contribution in [0, 0.1) is 0 Å². The molecule has 1 heterocycles. The summed E-state index contributed by atoms with van der Waals surface area (Å²) in [6, 6.07) is 0. The lowest BCUT2D eigenvalue weighted by molar-refractivity contribution is 0.112. The average molecular weight is 100 g/mol. The lowest BCUT2D eigenvalue weighted by Crippen LogP contribution is -2.17. The van der Waals surface area contributed by atoms with E-state index in [1.807, 2.05) is 4.90 Å². The van der Waals surface area contributed by atoms with Crippen molar-refractivity contribution in [1.29, 1.82) is 0 Å². The SMILES string of the molecule is CCN1C=NOC1. The zero-order chi connectivity index (χ0) is 5.11. The van der Waals surface area contributed by atoms with Gasteiger partial charge in [-0.2, -0.15) is 0 Å².